The smallest absolute Gasteiger partial charge is 0.258 e. The van der Waals surface area contributed by atoms with Gasteiger partial charge in [-0.1, -0.05) is 30.3 Å². The molecule has 3 rings (SSSR count). The Kier molecular flexibility index (Phi) is 4.18. The fourth-order valence-corrected chi connectivity index (χ4v) is 3.64. The zero-order valence-corrected chi connectivity index (χ0v) is 14.7. The predicted molar refractivity (Wildman–Crippen MR) is 93.6 cm³/mol. The molecule has 2 heterocycles. The molecular formula is C20H24N2O2. The molecule has 1 saturated heterocycles. The van der Waals surface area contributed by atoms with Gasteiger partial charge in [-0.15, -0.1) is 0 Å². The molecule has 1 aliphatic heterocycles. The second-order valence-electron chi connectivity index (χ2n) is 7.27. The van der Waals surface area contributed by atoms with Crippen LogP contribution in [-0.4, -0.2) is 33.2 Å². The highest BCUT2D eigenvalue weighted by Crippen LogP contribution is 2.41. The highest BCUT2D eigenvalue weighted by molar-refractivity contribution is 5.94. The first-order chi connectivity index (χ1) is 11.3. The molecule has 1 aromatic heterocycles. The number of amides is 1. The lowest BCUT2D eigenvalue weighted by Gasteiger charge is -2.34. The van der Waals surface area contributed by atoms with Gasteiger partial charge >= 0.3 is 0 Å². The number of hydrogen-bond acceptors (Lipinski definition) is 3. The minimum absolute atomic E-state index is 0.0420. The van der Waals surface area contributed by atoms with E-state index in [0.29, 0.717) is 5.56 Å². The monoisotopic (exact) mass is 324 g/mol. The summed E-state index contributed by atoms with van der Waals surface area (Å²) in [5.74, 6) is -0.0420. The number of carbonyl (C=O) groups excluding carboxylic acids is 1. The minimum Gasteiger partial charge on any atom is -0.348 e. The van der Waals surface area contributed by atoms with Crippen molar-refractivity contribution in [3.63, 3.8) is 0 Å². The van der Waals surface area contributed by atoms with Crippen molar-refractivity contribution in [2.24, 2.45) is 0 Å². The quantitative estimate of drug-likeness (QED) is 0.865. The first-order valence-electron chi connectivity index (χ1n) is 8.29. The molecule has 24 heavy (non-hydrogen) atoms. The van der Waals surface area contributed by atoms with E-state index in [1.807, 2.05) is 36.9 Å². The third kappa shape index (κ3) is 3.06. The predicted octanol–water partition coefficient (Wildman–Crippen LogP) is 3.68. The Labute approximate surface area is 143 Å². The normalized spacial score (nSPS) is 21.7. The number of ether oxygens (including phenoxy) is 1. The lowest BCUT2D eigenvalue weighted by Crippen LogP contribution is -2.50. The van der Waals surface area contributed by atoms with Crippen molar-refractivity contribution in [3.8, 4) is 0 Å². The van der Waals surface area contributed by atoms with E-state index in [2.05, 4.69) is 31.0 Å². The third-order valence-electron chi connectivity index (χ3n) is 4.61. The lowest BCUT2D eigenvalue weighted by molar-refractivity contribution is -0.0952. The maximum Gasteiger partial charge on any atom is 0.258 e. The van der Waals surface area contributed by atoms with Gasteiger partial charge in [-0.25, -0.2) is 0 Å². The first-order valence-corrected chi connectivity index (χ1v) is 8.29. The zero-order valence-electron chi connectivity index (χ0n) is 14.7. The number of rotatable bonds is 3. The van der Waals surface area contributed by atoms with E-state index in [0.717, 1.165) is 6.42 Å². The van der Waals surface area contributed by atoms with Crippen LogP contribution in [0.4, 0.5) is 0 Å². The van der Waals surface area contributed by atoms with Gasteiger partial charge in [-0.3, -0.25) is 9.78 Å². The first kappa shape index (κ1) is 16.7. The number of aromatic nitrogens is 1. The molecule has 1 fully saturated rings. The van der Waals surface area contributed by atoms with Gasteiger partial charge in [-0.05, 0) is 51.8 Å². The fraction of sp³-hybridized carbons (Fsp3) is 0.400. The van der Waals surface area contributed by atoms with Gasteiger partial charge in [0, 0.05) is 12.4 Å². The second kappa shape index (κ2) is 6.02. The number of benzene rings is 1. The maximum atomic E-state index is 13.2. The summed E-state index contributed by atoms with van der Waals surface area (Å²) in [6.07, 6.45) is 4.04. The van der Waals surface area contributed by atoms with E-state index in [-0.39, 0.29) is 11.9 Å². The van der Waals surface area contributed by atoms with Gasteiger partial charge < -0.3 is 9.64 Å². The molecule has 0 bridgehead atoms. The number of pyridine rings is 1. The average Bonchev–Trinajstić information content (AvgIpc) is 2.72. The van der Waals surface area contributed by atoms with Crippen LogP contribution in [0.3, 0.4) is 0 Å². The summed E-state index contributed by atoms with van der Waals surface area (Å²) >= 11 is 0. The number of hydrogen-bond donors (Lipinski definition) is 0. The molecule has 0 aliphatic carbocycles. The highest BCUT2D eigenvalue weighted by atomic mass is 16.6. The van der Waals surface area contributed by atoms with Crippen LogP contribution in [-0.2, 0) is 11.2 Å². The molecule has 0 N–H and O–H groups in total. The van der Waals surface area contributed by atoms with Crippen LogP contribution in [0, 0.1) is 0 Å². The highest BCUT2D eigenvalue weighted by Gasteiger charge is 2.54. The van der Waals surface area contributed by atoms with E-state index in [1.165, 1.54) is 5.56 Å². The van der Waals surface area contributed by atoms with Crippen LogP contribution in [0.15, 0.2) is 54.9 Å². The van der Waals surface area contributed by atoms with Crippen molar-refractivity contribution in [1.82, 2.24) is 9.88 Å². The molecule has 4 heteroatoms. The third-order valence-corrected chi connectivity index (χ3v) is 4.61. The molecule has 1 aromatic carbocycles. The van der Waals surface area contributed by atoms with Gasteiger partial charge in [0.1, 0.15) is 5.72 Å². The van der Waals surface area contributed by atoms with Crippen molar-refractivity contribution in [2.75, 3.05) is 0 Å². The fourth-order valence-electron chi connectivity index (χ4n) is 3.64. The van der Waals surface area contributed by atoms with E-state index in [1.54, 1.807) is 24.5 Å². The standard InChI is InChI=1S/C20H24N2O2/c1-19(2)17(13-15-9-6-5-7-10-15)22(20(3,4)24-19)18(23)16-11-8-12-21-14-16/h5-12,14,17H,13H2,1-4H3/t17-/m0/s1. The van der Waals surface area contributed by atoms with Gasteiger partial charge in [0.15, 0.2) is 0 Å². The largest absolute Gasteiger partial charge is 0.348 e. The van der Waals surface area contributed by atoms with Gasteiger partial charge in [-0.2, -0.15) is 0 Å². The van der Waals surface area contributed by atoms with Crippen LogP contribution in [0.1, 0.15) is 43.6 Å². The molecule has 0 spiro atoms. The number of carbonyl (C=O) groups is 1. The Morgan fingerprint density at radius 1 is 1.12 bits per heavy atom. The van der Waals surface area contributed by atoms with Crippen molar-refractivity contribution in [3.05, 3.63) is 66.0 Å². The summed E-state index contributed by atoms with van der Waals surface area (Å²) in [6, 6.07) is 13.8. The van der Waals surface area contributed by atoms with Crippen molar-refractivity contribution < 1.29 is 9.53 Å². The van der Waals surface area contributed by atoms with E-state index in [9.17, 15) is 4.79 Å². The van der Waals surface area contributed by atoms with Crippen LogP contribution in [0.5, 0.6) is 0 Å². The number of nitrogens with zero attached hydrogens (tertiary/aromatic N) is 2. The summed E-state index contributed by atoms with van der Waals surface area (Å²) in [4.78, 5) is 19.1. The Morgan fingerprint density at radius 2 is 1.83 bits per heavy atom. The van der Waals surface area contributed by atoms with Crippen molar-refractivity contribution in [2.45, 2.75) is 51.5 Å². The Hall–Kier alpha value is -2.20. The summed E-state index contributed by atoms with van der Waals surface area (Å²) in [6.45, 7) is 8.01. The van der Waals surface area contributed by atoms with Crippen LogP contribution >= 0.6 is 0 Å². The zero-order chi connectivity index (χ0) is 17.4. The minimum atomic E-state index is -0.671. The van der Waals surface area contributed by atoms with E-state index >= 15 is 0 Å². The van der Waals surface area contributed by atoms with Crippen LogP contribution < -0.4 is 0 Å². The van der Waals surface area contributed by atoms with Gasteiger partial charge in [0.05, 0.1) is 17.2 Å². The molecule has 0 unspecified atom stereocenters. The van der Waals surface area contributed by atoms with E-state index < -0.39 is 11.3 Å². The van der Waals surface area contributed by atoms with Crippen molar-refractivity contribution in [1.29, 1.82) is 0 Å². The van der Waals surface area contributed by atoms with E-state index in [4.69, 9.17) is 4.74 Å². The summed E-state index contributed by atoms with van der Waals surface area (Å²) < 4.78 is 6.26. The Balaban J connectivity index is 1.98. The molecule has 4 nitrogen and oxygen atoms in total. The van der Waals surface area contributed by atoms with Crippen LogP contribution in [0.25, 0.3) is 0 Å². The molecule has 1 atom stereocenters. The molecule has 126 valence electrons. The lowest BCUT2D eigenvalue weighted by atomic mass is 9.91. The summed E-state index contributed by atoms with van der Waals surface area (Å²) in [5.41, 5.74) is 0.679. The molecular weight excluding hydrogens is 300 g/mol. The maximum absolute atomic E-state index is 13.2. The Morgan fingerprint density at radius 3 is 2.46 bits per heavy atom. The molecule has 0 saturated carbocycles. The Bertz CT molecular complexity index is 711. The summed E-state index contributed by atoms with van der Waals surface area (Å²) in [5, 5.41) is 0. The average molecular weight is 324 g/mol. The molecule has 1 aliphatic rings. The SMILES string of the molecule is CC1(C)OC(C)(C)N(C(=O)c2cccnc2)[C@H]1Cc1ccccc1. The molecule has 2 aromatic rings. The molecule has 0 radical (unpaired) electrons. The van der Waals surface area contributed by atoms with Gasteiger partial charge in [0.2, 0.25) is 0 Å². The second-order valence-corrected chi connectivity index (χ2v) is 7.27. The topological polar surface area (TPSA) is 42.4 Å². The van der Waals surface area contributed by atoms with Crippen molar-refractivity contribution >= 4 is 5.91 Å². The molecule has 1 amide bonds. The van der Waals surface area contributed by atoms with Gasteiger partial charge in [0.25, 0.3) is 5.91 Å². The van der Waals surface area contributed by atoms with Crippen LogP contribution in [0.2, 0.25) is 0 Å². The summed E-state index contributed by atoms with van der Waals surface area (Å²) in [7, 11) is 0.